The Morgan fingerprint density at radius 3 is 2.14 bits per heavy atom. The number of esters is 1. The smallest absolute Gasteiger partial charge is 0.465 e. The first-order valence-electron chi connectivity index (χ1n) is 4.99. The van der Waals surface area contributed by atoms with E-state index in [1.165, 1.54) is 0 Å². The number of carbonyl (C=O) groups is 1. The second-order valence-electron chi connectivity index (χ2n) is 3.54. The molecule has 0 bridgehead atoms. The summed E-state index contributed by atoms with van der Waals surface area (Å²) in [4.78, 5) is 11.3. The number of carbonyl (C=O) groups excluding carboxylic acids is 1. The number of alkyl halides is 6. The molecule has 0 aromatic heterocycles. The van der Waals surface area contributed by atoms with Crippen LogP contribution in [0.3, 0.4) is 0 Å². The molecule has 0 N–H and O–H groups in total. The van der Waals surface area contributed by atoms with Crippen molar-refractivity contribution in [2.75, 3.05) is 7.11 Å². The van der Waals surface area contributed by atoms with E-state index >= 15 is 0 Å². The minimum Gasteiger partial charge on any atom is -0.465 e. The Morgan fingerprint density at radius 1 is 1.19 bits per heavy atom. The standard InChI is InChI=1S/C11H5F6NO3/c1-20-9(19)6-3-7(10(12,13)14)5(4-18)2-8(6)21-11(15,16)17/h2-3H,1H3. The lowest BCUT2D eigenvalue weighted by Crippen LogP contribution is -2.20. The number of ether oxygens (including phenoxy) is 2. The van der Waals surface area contributed by atoms with Crippen molar-refractivity contribution < 1.29 is 40.6 Å². The van der Waals surface area contributed by atoms with E-state index < -0.39 is 40.9 Å². The molecule has 0 saturated carbocycles. The van der Waals surface area contributed by atoms with Crippen LogP contribution in [0.2, 0.25) is 0 Å². The van der Waals surface area contributed by atoms with E-state index in [1.54, 1.807) is 0 Å². The van der Waals surface area contributed by atoms with Crippen molar-refractivity contribution >= 4 is 5.97 Å². The van der Waals surface area contributed by atoms with Crippen LogP contribution in [0.15, 0.2) is 12.1 Å². The molecule has 0 aliphatic rings. The van der Waals surface area contributed by atoms with Crippen molar-refractivity contribution in [1.29, 1.82) is 5.26 Å². The molecule has 0 heterocycles. The average Bonchev–Trinajstić information content (AvgIpc) is 2.34. The molecule has 10 heteroatoms. The maximum absolute atomic E-state index is 12.7. The zero-order valence-corrected chi connectivity index (χ0v) is 10.1. The second kappa shape index (κ2) is 5.51. The molecule has 1 rings (SSSR count). The number of hydrogen-bond donors (Lipinski definition) is 0. The maximum Gasteiger partial charge on any atom is 0.573 e. The summed E-state index contributed by atoms with van der Waals surface area (Å²) in [7, 11) is 0.769. The van der Waals surface area contributed by atoms with Crippen molar-refractivity contribution in [3.63, 3.8) is 0 Å². The number of benzene rings is 1. The molecule has 21 heavy (non-hydrogen) atoms. The van der Waals surface area contributed by atoms with E-state index in [1.807, 2.05) is 0 Å². The van der Waals surface area contributed by atoms with Gasteiger partial charge in [0.25, 0.3) is 0 Å². The lowest BCUT2D eigenvalue weighted by Gasteiger charge is -2.15. The molecule has 114 valence electrons. The molecule has 0 fully saturated rings. The highest BCUT2D eigenvalue weighted by Gasteiger charge is 2.38. The number of halogens is 6. The number of nitriles is 1. The fourth-order valence-electron chi connectivity index (χ4n) is 1.39. The molecule has 1 aromatic carbocycles. The quantitative estimate of drug-likeness (QED) is 0.621. The molecule has 4 nitrogen and oxygen atoms in total. The normalized spacial score (nSPS) is 11.7. The van der Waals surface area contributed by atoms with Gasteiger partial charge in [-0.05, 0) is 12.1 Å². The van der Waals surface area contributed by atoms with Gasteiger partial charge in [0.15, 0.2) is 0 Å². The topological polar surface area (TPSA) is 59.3 Å². The zero-order valence-electron chi connectivity index (χ0n) is 10.1. The lowest BCUT2D eigenvalue weighted by atomic mass is 10.0. The number of nitrogens with zero attached hydrogens (tertiary/aromatic N) is 1. The Bertz CT molecular complexity index is 600. The largest absolute Gasteiger partial charge is 0.573 e. The van der Waals surface area contributed by atoms with Crippen LogP contribution in [0.25, 0.3) is 0 Å². The SMILES string of the molecule is COC(=O)c1cc(C(F)(F)F)c(C#N)cc1OC(F)(F)F. The molecule has 0 saturated heterocycles. The van der Waals surface area contributed by atoms with E-state index in [-0.39, 0.29) is 12.1 Å². The Morgan fingerprint density at radius 2 is 1.76 bits per heavy atom. The third-order valence-electron chi connectivity index (χ3n) is 2.18. The highest BCUT2D eigenvalue weighted by Crippen LogP contribution is 2.37. The van der Waals surface area contributed by atoms with Crippen LogP contribution in [0.5, 0.6) is 5.75 Å². The molecular weight excluding hydrogens is 308 g/mol. The van der Waals surface area contributed by atoms with Crippen molar-refractivity contribution in [1.82, 2.24) is 0 Å². The number of hydrogen-bond acceptors (Lipinski definition) is 4. The maximum atomic E-state index is 12.7. The van der Waals surface area contributed by atoms with E-state index in [4.69, 9.17) is 5.26 Å². The monoisotopic (exact) mass is 313 g/mol. The summed E-state index contributed by atoms with van der Waals surface area (Å²) in [5.41, 5.74) is -3.78. The van der Waals surface area contributed by atoms with Gasteiger partial charge in [0, 0.05) is 0 Å². The Kier molecular flexibility index (Phi) is 4.36. The lowest BCUT2D eigenvalue weighted by molar-refractivity contribution is -0.274. The zero-order chi connectivity index (χ0) is 16.4. The van der Waals surface area contributed by atoms with Gasteiger partial charge in [-0.2, -0.15) is 18.4 Å². The van der Waals surface area contributed by atoms with Crippen molar-refractivity contribution in [2.24, 2.45) is 0 Å². The van der Waals surface area contributed by atoms with Crippen LogP contribution in [-0.4, -0.2) is 19.4 Å². The van der Waals surface area contributed by atoms with Gasteiger partial charge in [-0.25, -0.2) is 4.79 Å². The van der Waals surface area contributed by atoms with Crippen LogP contribution < -0.4 is 4.74 Å². The molecule has 0 amide bonds. The van der Waals surface area contributed by atoms with Gasteiger partial charge in [-0.3, -0.25) is 0 Å². The third-order valence-corrected chi connectivity index (χ3v) is 2.18. The Balaban J connectivity index is 3.57. The molecule has 0 radical (unpaired) electrons. The van der Waals surface area contributed by atoms with Gasteiger partial charge in [-0.1, -0.05) is 0 Å². The van der Waals surface area contributed by atoms with E-state index in [9.17, 15) is 31.1 Å². The molecule has 0 spiro atoms. The molecule has 0 atom stereocenters. The van der Waals surface area contributed by atoms with Crippen LogP contribution in [0.4, 0.5) is 26.3 Å². The third kappa shape index (κ3) is 4.01. The van der Waals surface area contributed by atoms with Crippen LogP contribution in [0.1, 0.15) is 21.5 Å². The minimum atomic E-state index is -5.25. The van der Waals surface area contributed by atoms with E-state index in [0.717, 1.165) is 13.2 Å². The van der Waals surface area contributed by atoms with Crippen LogP contribution in [0, 0.1) is 11.3 Å². The van der Waals surface area contributed by atoms with Gasteiger partial charge < -0.3 is 9.47 Å². The molecular formula is C11H5F6NO3. The van der Waals surface area contributed by atoms with Crippen LogP contribution in [-0.2, 0) is 10.9 Å². The molecule has 0 aliphatic heterocycles. The van der Waals surface area contributed by atoms with Gasteiger partial charge in [0.1, 0.15) is 11.3 Å². The second-order valence-corrected chi connectivity index (χ2v) is 3.54. The van der Waals surface area contributed by atoms with Gasteiger partial charge in [0.2, 0.25) is 0 Å². The number of rotatable bonds is 2. The van der Waals surface area contributed by atoms with Crippen molar-refractivity contribution in [2.45, 2.75) is 12.5 Å². The van der Waals surface area contributed by atoms with Gasteiger partial charge in [0.05, 0.1) is 24.3 Å². The first kappa shape index (κ1) is 16.6. The van der Waals surface area contributed by atoms with Gasteiger partial charge >= 0.3 is 18.5 Å². The molecule has 1 aromatic rings. The predicted molar refractivity (Wildman–Crippen MR) is 54.2 cm³/mol. The summed E-state index contributed by atoms with van der Waals surface area (Å²) in [6.45, 7) is 0. The fourth-order valence-corrected chi connectivity index (χ4v) is 1.39. The van der Waals surface area contributed by atoms with Gasteiger partial charge in [-0.15, -0.1) is 13.2 Å². The summed E-state index contributed by atoms with van der Waals surface area (Å²) < 4.78 is 82.1. The first-order chi connectivity index (χ1) is 9.49. The summed E-state index contributed by atoms with van der Waals surface area (Å²) in [5, 5.41) is 8.59. The van der Waals surface area contributed by atoms with Crippen molar-refractivity contribution in [3.8, 4) is 11.8 Å². The summed E-state index contributed by atoms with van der Waals surface area (Å²) in [5.74, 6) is -2.72. The minimum absolute atomic E-state index is 0.0749. The summed E-state index contributed by atoms with van der Waals surface area (Å²) in [6, 6.07) is 1.35. The highest BCUT2D eigenvalue weighted by molar-refractivity contribution is 5.93. The van der Waals surface area contributed by atoms with Crippen molar-refractivity contribution in [3.05, 3.63) is 28.8 Å². The molecule has 0 aliphatic carbocycles. The van der Waals surface area contributed by atoms with Crippen LogP contribution >= 0.6 is 0 Å². The fraction of sp³-hybridized carbons (Fsp3) is 0.273. The first-order valence-corrected chi connectivity index (χ1v) is 4.99. The number of methoxy groups -OCH3 is 1. The Labute approximate surface area is 113 Å². The Hall–Kier alpha value is -2.44. The predicted octanol–water partition coefficient (Wildman–Crippen LogP) is 3.26. The summed E-state index contributed by atoms with van der Waals surface area (Å²) in [6.07, 6.45) is -10.3. The molecule has 0 unspecified atom stereocenters. The van der Waals surface area contributed by atoms with E-state index in [2.05, 4.69) is 9.47 Å². The van der Waals surface area contributed by atoms with E-state index in [0.29, 0.717) is 0 Å². The highest BCUT2D eigenvalue weighted by atomic mass is 19.4. The summed E-state index contributed by atoms with van der Waals surface area (Å²) >= 11 is 0. The average molecular weight is 313 g/mol.